The monoisotopic (exact) mass is 1070 g/mol. The van der Waals surface area contributed by atoms with Crippen molar-refractivity contribution in [1.29, 1.82) is 0 Å². The summed E-state index contributed by atoms with van der Waals surface area (Å²) in [5.41, 5.74) is 0. The number of esters is 4. The van der Waals surface area contributed by atoms with Gasteiger partial charge in [0.25, 0.3) is 0 Å². The molecule has 13 heteroatoms. The molecule has 0 aromatic rings. The van der Waals surface area contributed by atoms with E-state index in [1.54, 1.807) is 0 Å². The molecule has 75 heavy (non-hydrogen) atoms. The Morgan fingerprint density at radius 2 is 0.693 bits per heavy atom. The molecule has 1 saturated heterocycles. The third kappa shape index (κ3) is 46.9. The lowest BCUT2D eigenvalue weighted by atomic mass is 10.0. The van der Waals surface area contributed by atoms with Crippen LogP contribution in [0, 0.1) is 5.92 Å². The number of hydrogen-bond donors (Lipinski definition) is 0. The normalized spacial score (nSPS) is 12.9. The van der Waals surface area contributed by atoms with Gasteiger partial charge in [-0.25, -0.2) is 4.79 Å². The predicted octanol–water partition coefficient (Wildman–Crippen LogP) is 16.1. The maximum absolute atomic E-state index is 12.9. The SMILES string of the molecule is CCCCCCCCC(CCCCCCCC)OC(=O)CCCCCCC(=O)OCC(COC(=O)CCCCCCC(=O)OC(CCCCCCCC)CCCCCCCC)COC(=O)OCCCN1CCOCC1. The van der Waals surface area contributed by atoms with Crippen molar-refractivity contribution < 1.29 is 57.1 Å². The van der Waals surface area contributed by atoms with Crippen molar-refractivity contribution in [2.24, 2.45) is 5.92 Å². The van der Waals surface area contributed by atoms with Crippen LogP contribution in [0.4, 0.5) is 4.79 Å². The first-order valence-corrected chi connectivity index (χ1v) is 31.5. The number of unbranched alkanes of at least 4 members (excludes halogenated alkanes) is 26. The van der Waals surface area contributed by atoms with Crippen LogP contribution in [0.1, 0.15) is 291 Å². The lowest BCUT2D eigenvalue weighted by Crippen LogP contribution is -2.37. The van der Waals surface area contributed by atoms with Gasteiger partial charge in [-0.1, -0.05) is 182 Å². The van der Waals surface area contributed by atoms with Crippen molar-refractivity contribution >= 4 is 30.0 Å². The van der Waals surface area contributed by atoms with E-state index in [4.69, 9.17) is 33.2 Å². The van der Waals surface area contributed by atoms with Crippen LogP contribution in [0.5, 0.6) is 0 Å². The fourth-order valence-electron chi connectivity index (χ4n) is 9.61. The van der Waals surface area contributed by atoms with E-state index in [9.17, 15) is 24.0 Å². The molecule has 0 aliphatic carbocycles. The highest BCUT2D eigenvalue weighted by atomic mass is 16.7. The third-order valence-electron chi connectivity index (χ3n) is 14.5. The van der Waals surface area contributed by atoms with Crippen LogP contribution in [-0.2, 0) is 52.3 Å². The summed E-state index contributed by atoms with van der Waals surface area (Å²) < 4.78 is 39.3. The second-order valence-electron chi connectivity index (χ2n) is 21.7. The molecule has 0 spiro atoms. The minimum atomic E-state index is -0.815. The molecule has 0 atom stereocenters. The van der Waals surface area contributed by atoms with E-state index < -0.39 is 12.1 Å². The summed E-state index contributed by atoms with van der Waals surface area (Å²) in [7, 11) is 0. The lowest BCUT2D eigenvalue weighted by Gasteiger charge is -2.26. The summed E-state index contributed by atoms with van der Waals surface area (Å²) in [6.45, 7) is 12.8. The molecule has 13 nitrogen and oxygen atoms in total. The summed E-state index contributed by atoms with van der Waals surface area (Å²) in [5, 5.41) is 0. The standard InChI is InChI=1S/C62H115NO12/c1-5-9-13-17-21-29-38-56(39-30-22-18-14-10-6-2)74-60(66)44-35-27-25-33-42-58(64)71-52-55(54-73-62(68)70-49-37-46-63-47-50-69-51-48-63)53-72-59(65)43-34-26-28-36-45-61(67)75-57(40-31-23-19-15-11-7-3)41-32-24-20-16-12-8-4/h55-57H,5-54H2,1-4H3. The summed E-state index contributed by atoms with van der Waals surface area (Å²) in [6.07, 6.45) is 40.2. The van der Waals surface area contributed by atoms with E-state index in [0.29, 0.717) is 45.3 Å². The first-order valence-electron chi connectivity index (χ1n) is 31.5. The molecule has 0 radical (unpaired) electrons. The van der Waals surface area contributed by atoms with Crippen LogP contribution >= 0.6 is 0 Å². The van der Waals surface area contributed by atoms with Crippen molar-refractivity contribution in [3.8, 4) is 0 Å². The van der Waals surface area contributed by atoms with E-state index in [1.807, 2.05) is 0 Å². The van der Waals surface area contributed by atoms with Crippen LogP contribution in [-0.4, -0.2) is 106 Å². The molecule has 0 bridgehead atoms. The zero-order valence-corrected chi connectivity index (χ0v) is 48.9. The van der Waals surface area contributed by atoms with Gasteiger partial charge in [-0.05, 0) is 83.5 Å². The molecule has 0 aromatic carbocycles. The van der Waals surface area contributed by atoms with Crippen molar-refractivity contribution in [2.75, 3.05) is 59.3 Å². The largest absolute Gasteiger partial charge is 0.508 e. The van der Waals surface area contributed by atoms with Crippen LogP contribution < -0.4 is 0 Å². The van der Waals surface area contributed by atoms with Crippen LogP contribution in [0.3, 0.4) is 0 Å². The highest BCUT2D eigenvalue weighted by molar-refractivity contribution is 5.70. The van der Waals surface area contributed by atoms with Crippen LogP contribution in [0.2, 0.25) is 0 Å². The summed E-state index contributed by atoms with van der Waals surface area (Å²) in [6, 6.07) is 0. The maximum Gasteiger partial charge on any atom is 0.508 e. The van der Waals surface area contributed by atoms with Gasteiger partial charge in [0.1, 0.15) is 32.0 Å². The fraction of sp³-hybridized carbons (Fsp3) is 0.919. The molecule has 1 heterocycles. The molecule has 1 aliphatic heterocycles. The zero-order chi connectivity index (χ0) is 54.5. The highest BCUT2D eigenvalue weighted by Gasteiger charge is 2.20. The molecule has 1 rings (SSSR count). The van der Waals surface area contributed by atoms with Gasteiger partial charge in [0, 0.05) is 45.3 Å². The number of morpholine rings is 1. The second-order valence-corrected chi connectivity index (χ2v) is 21.7. The molecule has 0 saturated carbocycles. The van der Waals surface area contributed by atoms with Crippen molar-refractivity contribution in [2.45, 2.75) is 303 Å². The van der Waals surface area contributed by atoms with Crippen LogP contribution in [0.15, 0.2) is 0 Å². The zero-order valence-electron chi connectivity index (χ0n) is 48.9. The number of ether oxygens (including phenoxy) is 7. The van der Waals surface area contributed by atoms with E-state index in [0.717, 1.165) is 110 Å². The lowest BCUT2D eigenvalue weighted by molar-refractivity contribution is -0.151. The molecule has 0 amide bonds. The van der Waals surface area contributed by atoms with Crippen molar-refractivity contribution in [3.63, 3.8) is 0 Å². The van der Waals surface area contributed by atoms with Gasteiger partial charge in [-0.3, -0.25) is 24.1 Å². The smallest absolute Gasteiger partial charge is 0.465 e. The fourth-order valence-corrected chi connectivity index (χ4v) is 9.61. The van der Waals surface area contributed by atoms with Gasteiger partial charge in [-0.15, -0.1) is 0 Å². The summed E-state index contributed by atoms with van der Waals surface area (Å²) in [5.74, 6) is -1.54. The van der Waals surface area contributed by atoms with E-state index in [1.165, 1.54) is 128 Å². The molecule has 440 valence electrons. The molecule has 0 aromatic heterocycles. The third-order valence-corrected chi connectivity index (χ3v) is 14.5. The van der Waals surface area contributed by atoms with Gasteiger partial charge in [0.15, 0.2) is 0 Å². The van der Waals surface area contributed by atoms with Crippen molar-refractivity contribution in [1.82, 2.24) is 4.90 Å². The van der Waals surface area contributed by atoms with E-state index >= 15 is 0 Å². The Morgan fingerprint density at radius 1 is 0.373 bits per heavy atom. The molecule has 0 N–H and O–H groups in total. The number of nitrogens with zero attached hydrogens (tertiary/aromatic N) is 1. The second kappa shape index (κ2) is 53.1. The van der Waals surface area contributed by atoms with Gasteiger partial charge < -0.3 is 33.2 Å². The molecular formula is C62H115NO12. The molecular weight excluding hydrogens is 951 g/mol. The Labute approximate surface area is 458 Å². The van der Waals surface area contributed by atoms with E-state index in [2.05, 4.69) is 32.6 Å². The molecule has 1 fully saturated rings. The molecule has 0 unspecified atom stereocenters. The number of carbonyl (C=O) groups excluding carboxylic acids is 5. The summed E-state index contributed by atoms with van der Waals surface area (Å²) >= 11 is 0. The van der Waals surface area contributed by atoms with Gasteiger partial charge in [0.2, 0.25) is 0 Å². The topological polar surface area (TPSA) is 153 Å². The quantitative estimate of drug-likeness (QED) is 0.0323. The Hall–Kier alpha value is -2.93. The minimum absolute atomic E-state index is 0.00997. The first kappa shape index (κ1) is 70.1. The highest BCUT2D eigenvalue weighted by Crippen LogP contribution is 2.21. The summed E-state index contributed by atoms with van der Waals surface area (Å²) in [4.78, 5) is 66.1. The first-order chi connectivity index (χ1) is 36.7. The minimum Gasteiger partial charge on any atom is -0.465 e. The van der Waals surface area contributed by atoms with Gasteiger partial charge in [0.05, 0.1) is 25.7 Å². The maximum atomic E-state index is 12.9. The van der Waals surface area contributed by atoms with Gasteiger partial charge >= 0.3 is 30.0 Å². The Bertz CT molecular complexity index is 1230. The Morgan fingerprint density at radius 3 is 1.07 bits per heavy atom. The molecule has 1 aliphatic rings. The number of rotatable bonds is 54. The Balaban J connectivity index is 2.51. The average molecular weight is 1070 g/mol. The van der Waals surface area contributed by atoms with Gasteiger partial charge in [-0.2, -0.15) is 0 Å². The average Bonchev–Trinajstić information content (AvgIpc) is 3.41. The predicted molar refractivity (Wildman–Crippen MR) is 302 cm³/mol. The number of carbonyl (C=O) groups is 5. The van der Waals surface area contributed by atoms with Crippen molar-refractivity contribution in [3.05, 3.63) is 0 Å². The van der Waals surface area contributed by atoms with Crippen LogP contribution in [0.25, 0.3) is 0 Å². The number of hydrogen-bond acceptors (Lipinski definition) is 13. The Kier molecular flexibility index (Phi) is 49.6. The van der Waals surface area contributed by atoms with E-state index in [-0.39, 0.29) is 75.4 Å².